The Balaban J connectivity index is 2.68. The summed E-state index contributed by atoms with van der Waals surface area (Å²) in [7, 11) is 0. The Kier molecular flexibility index (Phi) is 15.3. The van der Waals surface area contributed by atoms with E-state index in [9.17, 15) is 29.4 Å². The van der Waals surface area contributed by atoms with Gasteiger partial charge in [0.1, 0.15) is 12.1 Å². The molecule has 1 aliphatic heterocycles. The topological polar surface area (TPSA) is 157 Å². The lowest BCUT2D eigenvalue weighted by atomic mass is 9.89. The predicted molar refractivity (Wildman–Crippen MR) is 151 cm³/mol. The van der Waals surface area contributed by atoms with E-state index in [0.29, 0.717) is 5.41 Å². The predicted octanol–water partition coefficient (Wildman–Crippen LogP) is 1.78. The van der Waals surface area contributed by atoms with Crippen LogP contribution in [0.5, 0.6) is 0 Å². The van der Waals surface area contributed by atoms with Crippen molar-refractivity contribution in [2.75, 3.05) is 6.54 Å². The number of unbranched alkanes of at least 4 members (excludes halogenated alkanes) is 3. The van der Waals surface area contributed by atoms with Crippen LogP contribution in [0.3, 0.4) is 0 Å². The van der Waals surface area contributed by atoms with E-state index in [-0.39, 0.29) is 25.3 Å². The molecule has 39 heavy (non-hydrogen) atoms. The Bertz CT molecular complexity index is 891. The summed E-state index contributed by atoms with van der Waals surface area (Å²) in [5.74, 6) is -2.21. The molecule has 0 saturated heterocycles. The fourth-order valence-electron chi connectivity index (χ4n) is 3.93. The molecule has 10 nitrogen and oxygen atoms in total. The van der Waals surface area contributed by atoms with Gasteiger partial charge in [-0.1, -0.05) is 57.9 Å². The number of amides is 4. The van der Waals surface area contributed by atoms with Crippen molar-refractivity contribution < 1.29 is 29.4 Å². The molecule has 0 saturated carbocycles. The normalized spacial score (nSPS) is 23.7. The fourth-order valence-corrected chi connectivity index (χ4v) is 3.93. The van der Waals surface area contributed by atoms with Gasteiger partial charge in [0.25, 0.3) is 0 Å². The summed E-state index contributed by atoms with van der Waals surface area (Å²) in [6.07, 6.45) is 12.8. The highest BCUT2D eigenvalue weighted by Crippen LogP contribution is 2.22. The van der Waals surface area contributed by atoms with Crippen molar-refractivity contribution in [1.29, 1.82) is 0 Å². The van der Waals surface area contributed by atoms with Gasteiger partial charge in [0.2, 0.25) is 23.6 Å². The average molecular weight is 549 g/mol. The minimum absolute atomic E-state index is 0.106. The quantitative estimate of drug-likeness (QED) is 0.131. The lowest BCUT2D eigenvalue weighted by Gasteiger charge is -2.26. The number of hydrogen-bond donors (Lipinski definition) is 6. The number of aliphatic hydroxyl groups is 2. The molecule has 0 aromatic rings. The van der Waals surface area contributed by atoms with Gasteiger partial charge in [-0.05, 0) is 44.9 Å². The van der Waals surface area contributed by atoms with Crippen LogP contribution in [0.25, 0.3) is 0 Å². The van der Waals surface area contributed by atoms with Gasteiger partial charge in [0, 0.05) is 31.2 Å². The third-order valence-corrected chi connectivity index (χ3v) is 6.18. The molecule has 0 spiro atoms. The van der Waals surface area contributed by atoms with Crippen LogP contribution in [0.15, 0.2) is 36.5 Å². The maximum absolute atomic E-state index is 12.9. The number of aliphatic hydroxyl groups excluding tert-OH is 2. The molecule has 220 valence electrons. The first kappa shape index (κ1) is 34.0. The van der Waals surface area contributed by atoms with Crippen molar-refractivity contribution in [2.45, 2.75) is 110 Å². The molecular formula is C29H48N4O6. The standard InChI is InChI=1S/C29H48N4O6/c1-20-14-15-24(36)30-18-16-22(35)19-23(27(38)31-20)32-28(39)26(21(2)34)33-25(37)13-11-9-7-6-8-10-12-17-29(3,4)5/h7,9,11,13-15,20-23,26,34-35H,6,8,10,12,16-19H2,1-5H3,(H,30,36)(H,31,38)(H,32,39)(H,33,37)/b9-7+,13-11+,15-14+/t20-,21+,22-,23-,26-/m0/s1. The second kappa shape index (κ2) is 17.6. The Morgan fingerprint density at radius 1 is 1.18 bits per heavy atom. The summed E-state index contributed by atoms with van der Waals surface area (Å²) < 4.78 is 0. The molecule has 0 unspecified atom stereocenters. The zero-order valence-electron chi connectivity index (χ0n) is 24.0. The van der Waals surface area contributed by atoms with Crippen LogP contribution >= 0.6 is 0 Å². The second-order valence-electron chi connectivity index (χ2n) is 11.4. The van der Waals surface area contributed by atoms with E-state index in [1.54, 1.807) is 19.1 Å². The molecule has 6 N–H and O–H groups in total. The lowest BCUT2D eigenvalue weighted by molar-refractivity contribution is -0.134. The van der Waals surface area contributed by atoms with E-state index >= 15 is 0 Å². The summed E-state index contributed by atoms with van der Waals surface area (Å²) in [5, 5.41) is 30.8. The van der Waals surface area contributed by atoms with Gasteiger partial charge in [-0.3, -0.25) is 19.2 Å². The summed E-state index contributed by atoms with van der Waals surface area (Å²) in [5.41, 5.74) is 0.351. The summed E-state index contributed by atoms with van der Waals surface area (Å²) in [4.78, 5) is 49.9. The van der Waals surface area contributed by atoms with Crippen LogP contribution in [0.1, 0.15) is 79.6 Å². The number of carbonyl (C=O) groups excluding carboxylic acids is 4. The molecule has 1 aliphatic rings. The smallest absolute Gasteiger partial charge is 0.245 e. The molecule has 10 heteroatoms. The van der Waals surface area contributed by atoms with Crippen molar-refractivity contribution in [3.63, 3.8) is 0 Å². The average Bonchev–Trinajstić information content (AvgIpc) is 2.83. The van der Waals surface area contributed by atoms with Crippen molar-refractivity contribution >= 4 is 23.6 Å². The molecule has 0 bridgehead atoms. The third kappa shape index (κ3) is 15.9. The van der Waals surface area contributed by atoms with Gasteiger partial charge in [-0.15, -0.1) is 0 Å². The van der Waals surface area contributed by atoms with E-state index in [1.165, 1.54) is 38.0 Å². The van der Waals surface area contributed by atoms with E-state index < -0.39 is 48.1 Å². The van der Waals surface area contributed by atoms with Crippen LogP contribution in [0.4, 0.5) is 0 Å². The van der Waals surface area contributed by atoms with Gasteiger partial charge in [-0.2, -0.15) is 0 Å². The van der Waals surface area contributed by atoms with Crippen LogP contribution in [0, 0.1) is 5.41 Å². The fraction of sp³-hybridized carbons (Fsp3) is 0.655. The first-order valence-electron chi connectivity index (χ1n) is 13.8. The highest BCUT2D eigenvalue weighted by atomic mass is 16.3. The Morgan fingerprint density at radius 3 is 2.56 bits per heavy atom. The molecule has 0 aromatic heterocycles. The first-order chi connectivity index (χ1) is 18.3. The van der Waals surface area contributed by atoms with Crippen LogP contribution in [-0.2, 0) is 19.2 Å². The van der Waals surface area contributed by atoms with Gasteiger partial charge in [0.15, 0.2) is 0 Å². The number of hydrogen-bond acceptors (Lipinski definition) is 6. The zero-order valence-corrected chi connectivity index (χ0v) is 24.0. The monoisotopic (exact) mass is 548 g/mol. The van der Waals surface area contributed by atoms with Gasteiger partial charge in [-0.25, -0.2) is 0 Å². The largest absolute Gasteiger partial charge is 0.393 e. The highest BCUT2D eigenvalue weighted by Gasteiger charge is 2.31. The van der Waals surface area contributed by atoms with Crippen LogP contribution in [-0.4, -0.2) is 70.7 Å². The maximum Gasteiger partial charge on any atom is 0.245 e. The van der Waals surface area contributed by atoms with Crippen molar-refractivity contribution in [3.8, 4) is 0 Å². The van der Waals surface area contributed by atoms with Crippen LogP contribution < -0.4 is 21.3 Å². The maximum atomic E-state index is 12.9. The van der Waals surface area contributed by atoms with Gasteiger partial charge < -0.3 is 31.5 Å². The summed E-state index contributed by atoms with van der Waals surface area (Å²) >= 11 is 0. The minimum Gasteiger partial charge on any atom is -0.393 e. The van der Waals surface area contributed by atoms with Crippen molar-refractivity contribution in [1.82, 2.24) is 21.3 Å². The Labute approximate surface area is 232 Å². The molecule has 0 aliphatic carbocycles. The third-order valence-electron chi connectivity index (χ3n) is 6.18. The van der Waals surface area contributed by atoms with Gasteiger partial charge >= 0.3 is 0 Å². The van der Waals surface area contributed by atoms with Crippen molar-refractivity contribution in [2.24, 2.45) is 5.41 Å². The molecule has 0 radical (unpaired) electrons. The molecule has 1 rings (SSSR count). The molecule has 5 atom stereocenters. The summed E-state index contributed by atoms with van der Waals surface area (Å²) in [6.45, 7) is 9.93. The second-order valence-corrected chi connectivity index (χ2v) is 11.4. The molecule has 1 heterocycles. The highest BCUT2D eigenvalue weighted by molar-refractivity contribution is 5.95. The zero-order chi connectivity index (χ0) is 29.4. The van der Waals surface area contributed by atoms with E-state index in [1.807, 2.05) is 6.08 Å². The van der Waals surface area contributed by atoms with E-state index in [0.717, 1.165) is 19.3 Å². The van der Waals surface area contributed by atoms with Crippen molar-refractivity contribution in [3.05, 3.63) is 36.5 Å². The Morgan fingerprint density at radius 2 is 1.90 bits per heavy atom. The summed E-state index contributed by atoms with van der Waals surface area (Å²) in [6, 6.07) is -2.93. The van der Waals surface area contributed by atoms with Crippen LogP contribution in [0.2, 0.25) is 0 Å². The van der Waals surface area contributed by atoms with E-state index in [2.05, 4.69) is 42.0 Å². The molecule has 0 fully saturated rings. The Hall–Kier alpha value is -2.98. The number of allylic oxidation sites excluding steroid dienone is 3. The number of carbonyl (C=O) groups is 4. The SMILES string of the molecule is C[C@H]1/C=C/C(=O)NCC[C@H](O)C[C@H](NC(=O)[C@@H](NC(=O)/C=C/C=C/CCCCCC(C)(C)C)[C@@H](C)O)C(=O)N1. The molecule has 0 aromatic carbocycles. The lowest BCUT2D eigenvalue weighted by Crippen LogP contribution is -2.58. The number of rotatable bonds is 11. The minimum atomic E-state index is -1.31. The van der Waals surface area contributed by atoms with E-state index in [4.69, 9.17) is 0 Å². The first-order valence-corrected chi connectivity index (χ1v) is 13.8. The number of nitrogens with one attached hydrogen (secondary N) is 4. The molecule has 4 amide bonds. The molecular weight excluding hydrogens is 500 g/mol. The van der Waals surface area contributed by atoms with Gasteiger partial charge in [0.05, 0.1) is 12.2 Å².